The van der Waals surface area contributed by atoms with Gasteiger partial charge in [-0.2, -0.15) is 0 Å². The van der Waals surface area contributed by atoms with Crippen LogP contribution in [0.5, 0.6) is 0 Å². The number of methoxy groups -OCH3 is 1. The first-order valence-electron chi connectivity index (χ1n) is 11.4. The molecule has 0 bridgehead atoms. The number of aromatic nitrogens is 2. The molecule has 3 rings (SSSR count). The van der Waals surface area contributed by atoms with Gasteiger partial charge in [0.05, 0.1) is 24.3 Å². The zero-order chi connectivity index (χ0) is 22.5. The maximum atomic E-state index is 13.4. The van der Waals surface area contributed by atoms with Crippen molar-refractivity contribution in [2.75, 3.05) is 19.5 Å². The molecule has 0 aromatic carbocycles. The van der Waals surface area contributed by atoms with E-state index in [-0.39, 0.29) is 29.3 Å². The number of amides is 1. The maximum absolute atomic E-state index is 13.4. The lowest BCUT2D eigenvalue weighted by molar-refractivity contribution is -0.132. The molecule has 8 heteroatoms. The van der Waals surface area contributed by atoms with Gasteiger partial charge in [-0.3, -0.25) is 14.2 Å². The molecule has 1 aliphatic rings. The highest BCUT2D eigenvalue weighted by Gasteiger charge is 2.26. The normalized spacial score (nSPS) is 15.6. The van der Waals surface area contributed by atoms with Crippen LogP contribution >= 0.6 is 23.1 Å². The van der Waals surface area contributed by atoms with E-state index in [1.165, 1.54) is 28.6 Å². The first-order chi connectivity index (χ1) is 14.9. The summed E-state index contributed by atoms with van der Waals surface area (Å²) in [4.78, 5) is 35.6. The molecule has 31 heavy (non-hydrogen) atoms. The molecule has 0 unspecified atom stereocenters. The topological polar surface area (TPSA) is 64.4 Å². The summed E-state index contributed by atoms with van der Waals surface area (Å²) < 4.78 is 6.96. The van der Waals surface area contributed by atoms with Crippen molar-refractivity contribution in [3.63, 3.8) is 0 Å². The summed E-state index contributed by atoms with van der Waals surface area (Å²) in [7, 11) is 1.63. The summed E-state index contributed by atoms with van der Waals surface area (Å²) in [6.07, 6.45) is 6.14. The highest BCUT2D eigenvalue weighted by Crippen LogP contribution is 2.34. The molecule has 0 saturated carbocycles. The second kappa shape index (κ2) is 11.0. The van der Waals surface area contributed by atoms with Crippen molar-refractivity contribution < 1.29 is 9.53 Å². The smallest absolute Gasteiger partial charge is 0.263 e. The molecular weight excluding hydrogens is 430 g/mol. The van der Waals surface area contributed by atoms with Crippen LogP contribution in [0.2, 0.25) is 0 Å². The number of carbonyl (C=O) groups excluding carboxylic acids is 1. The average molecular weight is 466 g/mol. The van der Waals surface area contributed by atoms with Crippen molar-refractivity contribution in [2.45, 2.75) is 90.0 Å². The molecule has 0 N–H and O–H groups in total. The van der Waals surface area contributed by atoms with E-state index in [0.29, 0.717) is 18.3 Å². The summed E-state index contributed by atoms with van der Waals surface area (Å²) in [6, 6.07) is 0.386. The third-order valence-corrected chi connectivity index (χ3v) is 8.45. The molecular formula is C23H35N3O3S2. The maximum Gasteiger partial charge on any atom is 0.263 e. The van der Waals surface area contributed by atoms with Crippen LogP contribution in [0.15, 0.2) is 9.95 Å². The summed E-state index contributed by atoms with van der Waals surface area (Å²) >= 11 is 3.03. The minimum atomic E-state index is 0.0112. The number of aryl methyl sites for hydroxylation is 2. The molecule has 2 aromatic rings. The molecule has 0 radical (unpaired) electrons. The molecule has 1 aliphatic carbocycles. The van der Waals surface area contributed by atoms with E-state index < -0.39 is 0 Å². The van der Waals surface area contributed by atoms with E-state index in [9.17, 15) is 9.59 Å². The van der Waals surface area contributed by atoms with Gasteiger partial charge in [-0.1, -0.05) is 25.6 Å². The van der Waals surface area contributed by atoms with Crippen molar-refractivity contribution in [3.05, 3.63) is 20.8 Å². The number of fused-ring (bicyclic) bond motifs is 3. The van der Waals surface area contributed by atoms with E-state index in [4.69, 9.17) is 9.72 Å². The van der Waals surface area contributed by atoms with Gasteiger partial charge in [-0.25, -0.2) is 4.98 Å². The Hall–Kier alpha value is -1.38. The Balaban J connectivity index is 1.93. The largest absolute Gasteiger partial charge is 0.383 e. The number of thioether (sulfide) groups is 1. The molecule has 2 heterocycles. The zero-order valence-electron chi connectivity index (χ0n) is 19.4. The highest BCUT2D eigenvalue weighted by atomic mass is 32.2. The Morgan fingerprint density at radius 3 is 2.55 bits per heavy atom. The number of nitrogens with zero attached hydrogens (tertiary/aromatic N) is 3. The van der Waals surface area contributed by atoms with Crippen LogP contribution < -0.4 is 5.56 Å². The first kappa shape index (κ1) is 24.3. The molecule has 0 aliphatic heterocycles. The van der Waals surface area contributed by atoms with Crippen LogP contribution in [0.25, 0.3) is 10.2 Å². The van der Waals surface area contributed by atoms with Crippen molar-refractivity contribution in [2.24, 2.45) is 0 Å². The van der Waals surface area contributed by atoms with Gasteiger partial charge in [0.25, 0.3) is 5.56 Å². The summed E-state index contributed by atoms with van der Waals surface area (Å²) in [6.45, 7) is 9.30. The second-order valence-electron chi connectivity index (χ2n) is 8.34. The second-order valence-corrected chi connectivity index (χ2v) is 10.4. The fraction of sp³-hybridized carbons (Fsp3) is 0.696. The SMILES string of the molecule is CC[C@@H](C)N(C(=O)CSc1nc2sc3c(c2c(=O)n1CCOC)CCCC3)[C@H](C)CC. The van der Waals surface area contributed by atoms with E-state index in [1.807, 2.05) is 4.90 Å². The van der Waals surface area contributed by atoms with Gasteiger partial charge >= 0.3 is 0 Å². The number of hydrogen-bond acceptors (Lipinski definition) is 6. The monoisotopic (exact) mass is 465 g/mol. The van der Waals surface area contributed by atoms with Crippen molar-refractivity contribution >= 4 is 39.2 Å². The third-order valence-electron chi connectivity index (χ3n) is 6.30. The highest BCUT2D eigenvalue weighted by molar-refractivity contribution is 7.99. The predicted molar refractivity (Wildman–Crippen MR) is 129 cm³/mol. The van der Waals surface area contributed by atoms with Gasteiger partial charge in [-0.15, -0.1) is 11.3 Å². The van der Waals surface area contributed by atoms with Gasteiger partial charge in [0, 0.05) is 24.1 Å². The van der Waals surface area contributed by atoms with Gasteiger partial charge in [-0.05, 0) is 57.9 Å². The third kappa shape index (κ3) is 5.17. The fourth-order valence-corrected chi connectivity index (χ4v) is 6.43. The van der Waals surface area contributed by atoms with Crippen molar-refractivity contribution in [1.29, 1.82) is 0 Å². The minimum Gasteiger partial charge on any atom is -0.383 e. The van der Waals surface area contributed by atoms with E-state index in [2.05, 4.69) is 27.7 Å². The number of ether oxygens (including phenoxy) is 1. The Kier molecular flexibility index (Phi) is 8.58. The van der Waals surface area contributed by atoms with Crippen LogP contribution in [-0.2, 0) is 28.9 Å². The summed E-state index contributed by atoms with van der Waals surface area (Å²) in [5.41, 5.74) is 1.21. The van der Waals surface area contributed by atoms with Gasteiger partial charge < -0.3 is 9.64 Å². The van der Waals surface area contributed by atoms with Crippen LogP contribution in [0.3, 0.4) is 0 Å². The molecule has 0 saturated heterocycles. The van der Waals surface area contributed by atoms with Gasteiger partial charge in [0.2, 0.25) is 5.91 Å². The fourth-order valence-electron chi connectivity index (χ4n) is 4.23. The molecule has 6 nitrogen and oxygen atoms in total. The molecule has 1 amide bonds. The molecule has 172 valence electrons. The predicted octanol–water partition coefficient (Wildman–Crippen LogP) is 4.50. The summed E-state index contributed by atoms with van der Waals surface area (Å²) in [5, 5.41) is 1.40. The lowest BCUT2D eigenvalue weighted by atomic mass is 9.97. The van der Waals surface area contributed by atoms with E-state index in [0.717, 1.165) is 42.3 Å². The molecule has 0 fully saturated rings. The van der Waals surface area contributed by atoms with Gasteiger partial charge in [0.15, 0.2) is 5.16 Å². The minimum absolute atomic E-state index is 0.0112. The van der Waals surface area contributed by atoms with E-state index in [1.54, 1.807) is 23.0 Å². The Bertz CT molecular complexity index is 959. The average Bonchev–Trinajstić information content (AvgIpc) is 3.15. The number of hydrogen-bond donors (Lipinski definition) is 0. The number of thiophene rings is 1. The Labute approximate surface area is 193 Å². The zero-order valence-corrected chi connectivity index (χ0v) is 21.0. The lowest BCUT2D eigenvalue weighted by Gasteiger charge is -2.34. The Morgan fingerprint density at radius 1 is 1.23 bits per heavy atom. The van der Waals surface area contributed by atoms with Crippen LogP contribution in [-0.4, -0.2) is 51.9 Å². The quantitative estimate of drug-likeness (QED) is 0.382. The van der Waals surface area contributed by atoms with Crippen LogP contribution in [0.1, 0.15) is 63.8 Å². The molecule has 2 atom stereocenters. The van der Waals surface area contributed by atoms with E-state index >= 15 is 0 Å². The van der Waals surface area contributed by atoms with Crippen LogP contribution in [0, 0.1) is 0 Å². The molecule has 0 spiro atoms. The molecule has 2 aromatic heterocycles. The Morgan fingerprint density at radius 2 is 1.90 bits per heavy atom. The lowest BCUT2D eigenvalue weighted by Crippen LogP contribution is -2.45. The first-order valence-corrected chi connectivity index (χ1v) is 13.2. The van der Waals surface area contributed by atoms with Crippen molar-refractivity contribution in [1.82, 2.24) is 14.5 Å². The van der Waals surface area contributed by atoms with Crippen LogP contribution in [0.4, 0.5) is 0 Å². The van der Waals surface area contributed by atoms with Crippen molar-refractivity contribution in [3.8, 4) is 0 Å². The number of carbonyl (C=O) groups is 1. The summed E-state index contributed by atoms with van der Waals surface area (Å²) in [5.74, 6) is 0.386. The number of rotatable bonds is 10. The van der Waals surface area contributed by atoms with Gasteiger partial charge in [0.1, 0.15) is 4.83 Å². The standard InChI is InChI=1S/C23H35N3O3S2/c1-6-15(3)26(16(4)7-2)19(27)14-30-23-24-21-20(22(28)25(23)12-13-29-5)17-10-8-9-11-18(17)31-21/h15-16H,6-14H2,1-5H3/t15-,16-/m1/s1.